The Balaban J connectivity index is 0. The van der Waals surface area contributed by atoms with Crippen LogP contribution >= 0.6 is 0 Å². The van der Waals surface area contributed by atoms with Crippen molar-refractivity contribution in [2.45, 2.75) is 39.7 Å². The number of hydrogen-bond donors (Lipinski definition) is 2. The van der Waals surface area contributed by atoms with E-state index in [0.29, 0.717) is 5.84 Å². The standard InChI is InChI=1S/C14H23N5O.C2H6.CHN/c1-11(20-4)5-6-12-7-8-13(18-12)14(16-9-15)17-10-19(2)3;2*1-2/h7-11,15,18H,5-6H2,1-4H3;1-2H3;1H. The van der Waals surface area contributed by atoms with Crippen molar-refractivity contribution in [1.29, 1.82) is 10.7 Å². The lowest BCUT2D eigenvalue weighted by atomic mass is 10.2. The van der Waals surface area contributed by atoms with E-state index >= 15 is 0 Å². The van der Waals surface area contributed by atoms with Gasteiger partial charge in [-0.15, -0.1) is 0 Å². The van der Waals surface area contributed by atoms with Crippen molar-refractivity contribution < 1.29 is 4.74 Å². The Morgan fingerprint density at radius 3 is 2.54 bits per heavy atom. The molecule has 0 bridgehead atoms. The van der Waals surface area contributed by atoms with Crippen molar-refractivity contribution in [1.82, 2.24) is 9.88 Å². The molecule has 0 radical (unpaired) electrons. The maximum Gasteiger partial charge on any atom is 0.178 e. The maximum atomic E-state index is 7.11. The summed E-state index contributed by atoms with van der Waals surface area (Å²) < 4.78 is 5.23. The highest BCUT2D eigenvalue weighted by atomic mass is 16.5. The fourth-order valence-corrected chi connectivity index (χ4v) is 1.60. The van der Waals surface area contributed by atoms with Gasteiger partial charge in [0.05, 0.1) is 18.1 Å². The number of amidine groups is 1. The quantitative estimate of drug-likeness (QED) is 0.592. The van der Waals surface area contributed by atoms with E-state index in [4.69, 9.17) is 15.4 Å². The molecule has 0 aliphatic carbocycles. The van der Waals surface area contributed by atoms with Gasteiger partial charge in [0.15, 0.2) is 5.84 Å². The normalized spacial score (nSPS) is 11.8. The number of aromatic nitrogens is 1. The van der Waals surface area contributed by atoms with Crippen LogP contribution < -0.4 is 0 Å². The number of nitriles is 1. The van der Waals surface area contributed by atoms with E-state index in [1.807, 2.05) is 51.9 Å². The number of aromatic amines is 1. The SMILES string of the molecule is C#N.CC.COC(C)CCc1ccc(C(N=CN(C)C)=NC=N)[nH]1. The number of aryl methyl sites for hydroxylation is 1. The summed E-state index contributed by atoms with van der Waals surface area (Å²) in [5, 5.41) is 13.6. The van der Waals surface area contributed by atoms with E-state index in [2.05, 4.69) is 21.5 Å². The van der Waals surface area contributed by atoms with E-state index in [0.717, 1.165) is 30.6 Å². The third-order valence-electron chi connectivity index (χ3n) is 2.81. The van der Waals surface area contributed by atoms with Crippen LogP contribution in [0, 0.1) is 17.2 Å². The van der Waals surface area contributed by atoms with Gasteiger partial charge in [0.1, 0.15) is 6.34 Å². The predicted octanol–water partition coefficient (Wildman–Crippen LogP) is 3.09. The molecule has 1 rings (SSSR count). The van der Waals surface area contributed by atoms with Gasteiger partial charge in [-0.3, -0.25) is 5.41 Å². The van der Waals surface area contributed by atoms with Crippen LogP contribution in [0.3, 0.4) is 0 Å². The number of aliphatic imine (C=N–C) groups is 2. The zero-order valence-electron chi connectivity index (χ0n) is 15.6. The Hall–Kier alpha value is -2.46. The molecule has 134 valence electrons. The van der Waals surface area contributed by atoms with Crippen LogP contribution in [-0.2, 0) is 11.2 Å². The predicted molar refractivity (Wildman–Crippen MR) is 101 cm³/mol. The van der Waals surface area contributed by atoms with Crippen LogP contribution in [0.5, 0.6) is 0 Å². The van der Waals surface area contributed by atoms with Gasteiger partial charge in [-0.1, -0.05) is 13.8 Å². The third kappa shape index (κ3) is 10.3. The molecule has 2 N–H and O–H groups in total. The number of nitrogens with one attached hydrogen (secondary N) is 2. The van der Waals surface area contributed by atoms with Gasteiger partial charge in [-0.05, 0) is 31.9 Å². The fraction of sp³-hybridized carbons (Fsp3) is 0.529. The smallest absolute Gasteiger partial charge is 0.178 e. The van der Waals surface area contributed by atoms with Gasteiger partial charge >= 0.3 is 0 Å². The Kier molecular flexibility index (Phi) is 15.3. The molecule has 0 fully saturated rings. The summed E-state index contributed by atoms with van der Waals surface area (Å²) in [5.74, 6) is 0.500. The summed E-state index contributed by atoms with van der Waals surface area (Å²) in [4.78, 5) is 13.3. The van der Waals surface area contributed by atoms with Crippen LogP contribution in [0.1, 0.15) is 38.6 Å². The third-order valence-corrected chi connectivity index (χ3v) is 2.81. The Morgan fingerprint density at radius 2 is 2.04 bits per heavy atom. The molecule has 0 aromatic carbocycles. The minimum Gasteiger partial charge on any atom is -0.382 e. The number of nitrogens with zero attached hydrogens (tertiary/aromatic N) is 4. The van der Waals surface area contributed by atoms with E-state index in [9.17, 15) is 0 Å². The second-order valence-electron chi connectivity index (χ2n) is 4.77. The van der Waals surface area contributed by atoms with E-state index in [1.54, 1.807) is 13.4 Å². The Labute approximate surface area is 145 Å². The molecule has 0 spiro atoms. The molecule has 0 saturated heterocycles. The summed E-state index contributed by atoms with van der Waals surface area (Å²) in [6, 6.07) is 3.95. The highest BCUT2D eigenvalue weighted by Gasteiger charge is 2.06. The summed E-state index contributed by atoms with van der Waals surface area (Å²) in [6.45, 7) is 9.55. The van der Waals surface area contributed by atoms with Gasteiger partial charge in [-0.25, -0.2) is 15.2 Å². The van der Waals surface area contributed by atoms with Crippen LogP contribution in [-0.4, -0.2) is 55.7 Å². The van der Waals surface area contributed by atoms with Crippen molar-refractivity contribution in [3.63, 3.8) is 0 Å². The van der Waals surface area contributed by atoms with E-state index in [-0.39, 0.29) is 6.10 Å². The molecule has 1 aromatic rings. The number of methoxy groups -OCH3 is 1. The second kappa shape index (κ2) is 15.4. The molecule has 1 heterocycles. The number of hydrogen-bond acceptors (Lipinski definition) is 3. The van der Waals surface area contributed by atoms with Crippen molar-refractivity contribution in [2.75, 3.05) is 21.2 Å². The van der Waals surface area contributed by atoms with Gasteiger partial charge in [0.25, 0.3) is 0 Å². The Morgan fingerprint density at radius 1 is 1.42 bits per heavy atom. The van der Waals surface area contributed by atoms with Crippen molar-refractivity contribution in [3.8, 4) is 6.57 Å². The molecule has 0 aliphatic rings. The van der Waals surface area contributed by atoms with Crippen molar-refractivity contribution in [2.24, 2.45) is 9.98 Å². The molecule has 7 nitrogen and oxygen atoms in total. The lowest BCUT2D eigenvalue weighted by Crippen LogP contribution is -2.10. The lowest BCUT2D eigenvalue weighted by Gasteiger charge is -2.07. The number of rotatable bonds is 7. The lowest BCUT2D eigenvalue weighted by molar-refractivity contribution is 0.111. The Bertz CT molecular complexity index is 516. The molecule has 0 amide bonds. The summed E-state index contributed by atoms with van der Waals surface area (Å²) >= 11 is 0. The van der Waals surface area contributed by atoms with Crippen LogP contribution in [0.25, 0.3) is 0 Å². The van der Waals surface area contributed by atoms with Crippen LogP contribution in [0.15, 0.2) is 22.1 Å². The maximum absolute atomic E-state index is 7.11. The van der Waals surface area contributed by atoms with Crippen molar-refractivity contribution in [3.05, 3.63) is 23.5 Å². The first-order valence-corrected chi connectivity index (χ1v) is 7.81. The first-order chi connectivity index (χ1) is 11.6. The summed E-state index contributed by atoms with van der Waals surface area (Å²) in [5.41, 5.74) is 1.92. The van der Waals surface area contributed by atoms with Gasteiger partial charge in [0.2, 0.25) is 0 Å². The molecular formula is C17H30N6O. The fourth-order valence-electron chi connectivity index (χ4n) is 1.60. The molecule has 1 unspecified atom stereocenters. The molecular weight excluding hydrogens is 304 g/mol. The second-order valence-corrected chi connectivity index (χ2v) is 4.77. The first kappa shape index (κ1) is 23.8. The highest BCUT2D eigenvalue weighted by molar-refractivity contribution is 6.04. The van der Waals surface area contributed by atoms with E-state index < -0.39 is 0 Å². The summed E-state index contributed by atoms with van der Waals surface area (Å²) in [7, 11) is 5.49. The molecule has 7 heteroatoms. The van der Waals surface area contributed by atoms with Crippen LogP contribution in [0.2, 0.25) is 0 Å². The minimum absolute atomic E-state index is 0.239. The monoisotopic (exact) mass is 334 g/mol. The minimum atomic E-state index is 0.239. The topological polar surface area (TPSA) is 101 Å². The molecule has 1 atom stereocenters. The van der Waals surface area contributed by atoms with Gasteiger partial charge in [0, 0.05) is 33.5 Å². The summed E-state index contributed by atoms with van der Waals surface area (Å²) in [6.07, 6.45) is 4.76. The highest BCUT2D eigenvalue weighted by Crippen LogP contribution is 2.09. The first-order valence-electron chi connectivity index (χ1n) is 7.81. The zero-order valence-corrected chi connectivity index (χ0v) is 15.6. The molecule has 24 heavy (non-hydrogen) atoms. The van der Waals surface area contributed by atoms with Gasteiger partial charge < -0.3 is 14.6 Å². The van der Waals surface area contributed by atoms with Gasteiger partial charge in [-0.2, -0.15) is 0 Å². The molecule has 1 aromatic heterocycles. The van der Waals surface area contributed by atoms with E-state index in [1.165, 1.54) is 0 Å². The van der Waals surface area contributed by atoms with Crippen molar-refractivity contribution >= 4 is 18.5 Å². The molecule has 0 saturated carbocycles. The molecule has 0 aliphatic heterocycles. The average molecular weight is 334 g/mol. The van der Waals surface area contributed by atoms with Crippen LogP contribution in [0.4, 0.5) is 0 Å². The number of H-pyrrole nitrogens is 1. The number of ether oxygens (including phenoxy) is 1. The largest absolute Gasteiger partial charge is 0.382 e. The zero-order chi connectivity index (χ0) is 19.0. The average Bonchev–Trinajstić information content (AvgIpc) is 3.08.